The fourth-order valence-electron chi connectivity index (χ4n) is 3.62. The first-order chi connectivity index (χ1) is 12.7. The van der Waals surface area contributed by atoms with Gasteiger partial charge in [0.05, 0.1) is 6.54 Å². The SMILES string of the molecule is O=C(CN1CCCCC1=O)NCCN1CCN(Cc2ccccc2)CC1. The maximum atomic E-state index is 12.0. The van der Waals surface area contributed by atoms with Crippen LogP contribution in [-0.4, -0.2) is 78.9 Å². The zero-order valence-corrected chi connectivity index (χ0v) is 15.5. The Hall–Kier alpha value is -1.92. The summed E-state index contributed by atoms with van der Waals surface area (Å²) in [7, 11) is 0. The van der Waals surface area contributed by atoms with Gasteiger partial charge in [0, 0.05) is 58.8 Å². The monoisotopic (exact) mass is 358 g/mol. The third-order valence-electron chi connectivity index (χ3n) is 5.22. The summed E-state index contributed by atoms with van der Waals surface area (Å²) in [5, 5.41) is 2.96. The first kappa shape index (κ1) is 18.9. The van der Waals surface area contributed by atoms with E-state index in [1.54, 1.807) is 4.90 Å². The molecule has 0 radical (unpaired) electrons. The van der Waals surface area contributed by atoms with E-state index in [0.29, 0.717) is 13.0 Å². The van der Waals surface area contributed by atoms with E-state index >= 15 is 0 Å². The average molecular weight is 358 g/mol. The van der Waals surface area contributed by atoms with Gasteiger partial charge in [-0.25, -0.2) is 0 Å². The van der Waals surface area contributed by atoms with Crippen molar-refractivity contribution in [1.29, 1.82) is 0 Å². The molecule has 2 amide bonds. The van der Waals surface area contributed by atoms with Crippen molar-refractivity contribution in [3.05, 3.63) is 35.9 Å². The highest BCUT2D eigenvalue weighted by Crippen LogP contribution is 2.10. The number of nitrogens with zero attached hydrogens (tertiary/aromatic N) is 3. The second-order valence-corrected chi connectivity index (χ2v) is 7.23. The van der Waals surface area contributed by atoms with Gasteiger partial charge in [-0.2, -0.15) is 0 Å². The van der Waals surface area contributed by atoms with Crippen LogP contribution in [0.1, 0.15) is 24.8 Å². The van der Waals surface area contributed by atoms with Crippen LogP contribution in [-0.2, 0) is 16.1 Å². The molecule has 2 fully saturated rings. The van der Waals surface area contributed by atoms with Crippen molar-refractivity contribution in [2.45, 2.75) is 25.8 Å². The number of rotatable bonds is 7. The molecule has 26 heavy (non-hydrogen) atoms. The van der Waals surface area contributed by atoms with Crippen LogP contribution in [0.5, 0.6) is 0 Å². The number of piperazine rings is 1. The number of piperidine rings is 1. The Balaban J connectivity index is 1.29. The third kappa shape index (κ3) is 5.81. The van der Waals surface area contributed by atoms with Gasteiger partial charge in [-0.1, -0.05) is 30.3 Å². The van der Waals surface area contributed by atoms with Crippen LogP contribution in [0, 0.1) is 0 Å². The minimum atomic E-state index is -0.0389. The van der Waals surface area contributed by atoms with E-state index in [-0.39, 0.29) is 18.4 Å². The Kier molecular flexibility index (Phi) is 7.03. The standard InChI is InChI=1S/C20H30N4O2/c25-19(17-24-10-5-4-8-20(24)26)21-9-11-22-12-14-23(15-13-22)16-18-6-2-1-3-7-18/h1-3,6-7H,4-5,8-17H2,(H,21,25). The van der Waals surface area contributed by atoms with Crippen LogP contribution in [0.25, 0.3) is 0 Å². The quantitative estimate of drug-likeness (QED) is 0.788. The molecule has 3 rings (SSSR count). The van der Waals surface area contributed by atoms with Gasteiger partial charge in [-0.15, -0.1) is 0 Å². The number of likely N-dealkylation sites (tertiary alicyclic amines) is 1. The molecule has 1 N–H and O–H groups in total. The summed E-state index contributed by atoms with van der Waals surface area (Å²) < 4.78 is 0. The molecule has 0 unspecified atom stereocenters. The normalized spacial score (nSPS) is 19.5. The summed E-state index contributed by atoms with van der Waals surface area (Å²) in [5.74, 6) is 0.0731. The van der Waals surface area contributed by atoms with E-state index in [1.807, 2.05) is 0 Å². The lowest BCUT2D eigenvalue weighted by Crippen LogP contribution is -2.49. The minimum absolute atomic E-state index is 0.0389. The molecule has 2 heterocycles. The van der Waals surface area contributed by atoms with Gasteiger partial charge >= 0.3 is 0 Å². The highest BCUT2D eigenvalue weighted by atomic mass is 16.2. The summed E-state index contributed by atoms with van der Waals surface area (Å²) >= 11 is 0. The first-order valence-electron chi connectivity index (χ1n) is 9.74. The summed E-state index contributed by atoms with van der Waals surface area (Å²) in [4.78, 5) is 30.3. The van der Waals surface area contributed by atoms with Gasteiger partial charge in [-0.3, -0.25) is 19.4 Å². The largest absolute Gasteiger partial charge is 0.353 e. The fraction of sp³-hybridized carbons (Fsp3) is 0.600. The van der Waals surface area contributed by atoms with Gasteiger partial charge in [0.1, 0.15) is 0 Å². The van der Waals surface area contributed by atoms with Crippen LogP contribution < -0.4 is 5.32 Å². The van der Waals surface area contributed by atoms with Gasteiger partial charge in [0.25, 0.3) is 0 Å². The van der Waals surface area contributed by atoms with E-state index in [2.05, 4.69) is 45.4 Å². The lowest BCUT2D eigenvalue weighted by Gasteiger charge is -2.34. The Morgan fingerprint density at radius 3 is 2.42 bits per heavy atom. The molecular formula is C20H30N4O2. The maximum Gasteiger partial charge on any atom is 0.239 e. The number of hydrogen-bond acceptors (Lipinski definition) is 4. The summed E-state index contributed by atoms with van der Waals surface area (Å²) in [6.07, 6.45) is 2.54. The predicted molar refractivity (Wildman–Crippen MR) is 102 cm³/mol. The maximum absolute atomic E-state index is 12.0. The van der Waals surface area contributed by atoms with Crippen molar-refractivity contribution >= 4 is 11.8 Å². The molecule has 1 aromatic rings. The smallest absolute Gasteiger partial charge is 0.239 e. The molecule has 0 atom stereocenters. The van der Waals surface area contributed by atoms with Gasteiger partial charge in [-0.05, 0) is 18.4 Å². The van der Waals surface area contributed by atoms with Crippen molar-refractivity contribution in [2.24, 2.45) is 0 Å². The molecule has 6 nitrogen and oxygen atoms in total. The number of carbonyl (C=O) groups is 2. The second-order valence-electron chi connectivity index (χ2n) is 7.23. The number of benzene rings is 1. The Morgan fingerprint density at radius 2 is 1.69 bits per heavy atom. The Morgan fingerprint density at radius 1 is 0.962 bits per heavy atom. The predicted octanol–water partition coefficient (Wildman–Crippen LogP) is 0.933. The summed E-state index contributed by atoms with van der Waals surface area (Å²) in [5.41, 5.74) is 1.36. The van der Waals surface area contributed by atoms with Crippen LogP contribution >= 0.6 is 0 Å². The molecule has 0 aliphatic carbocycles. The molecule has 1 aromatic carbocycles. The van der Waals surface area contributed by atoms with Crippen LogP contribution in [0.2, 0.25) is 0 Å². The van der Waals surface area contributed by atoms with Crippen LogP contribution in [0.15, 0.2) is 30.3 Å². The van der Waals surface area contributed by atoms with Gasteiger partial charge in [0.15, 0.2) is 0 Å². The lowest BCUT2D eigenvalue weighted by atomic mass is 10.1. The van der Waals surface area contributed by atoms with Crippen molar-refractivity contribution in [2.75, 3.05) is 52.4 Å². The van der Waals surface area contributed by atoms with E-state index in [4.69, 9.17) is 0 Å². The van der Waals surface area contributed by atoms with Crippen molar-refractivity contribution in [1.82, 2.24) is 20.0 Å². The number of nitrogens with one attached hydrogen (secondary N) is 1. The average Bonchev–Trinajstić information content (AvgIpc) is 2.66. The summed E-state index contributed by atoms with van der Waals surface area (Å²) in [6, 6.07) is 10.6. The molecule has 0 aromatic heterocycles. The second kappa shape index (κ2) is 9.69. The fourth-order valence-corrected chi connectivity index (χ4v) is 3.62. The third-order valence-corrected chi connectivity index (χ3v) is 5.22. The van der Waals surface area contributed by atoms with Crippen molar-refractivity contribution < 1.29 is 9.59 Å². The number of hydrogen-bond donors (Lipinski definition) is 1. The number of carbonyl (C=O) groups excluding carboxylic acids is 2. The molecule has 0 spiro atoms. The highest BCUT2D eigenvalue weighted by molar-refractivity contribution is 5.85. The van der Waals surface area contributed by atoms with Crippen LogP contribution in [0.4, 0.5) is 0 Å². The highest BCUT2D eigenvalue weighted by Gasteiger charge is 2.21. The van der Waals surface area contributed by atoms with Gasteiger partial charge in [0.2, 0.25) is 11.8 Å². The van der Waals surface area contributed by atoms with E-state index < -0.39 is 0 Å². The Bertz CT molecular complexity index is 585. The van der Waals surface area contributed by atoms with Gasteiger partial charge < -0.3 is 10.2 Å². The van der Waals surface area contributed by atoms with E-state index in [1.165, 1.54) is 5.56 Å². The van der Waals surface area contributed by atoms with E-state index in [0.717, 1.165) is 58.7 Å². The van der Waals surface area contributed by atoms with Crippen molar-refractivity contribution in [3.8, 4) is 0 Å². The molecule has 0 saturated carbocycles. The minimum Gasteiger partial charge on any atom is -0.353 e. The summed E-state index contributed by atoms with van der Waals surface area (Å²) in [6.45, 7) is 7.66. The van der Waals surface area contributed by atoms with E-state index in [9.17, 15) is 9.59 Å². The molecule has 0 bridgehead atoms. The molecule has 142 valence electrons. The number of amides is 2. The molecule has 6 heteroatoms. The Labute approximate surface area is 156 Å². The van der Waals surface area contributed by atoms with Crippen molar-refractivity contribution in [3.63, 3.8) is 0 Å². The molecule has 2 aliphatic heterocycles. The first-order valence-corrected chi connectivity index (χ1v) is 9.74. The molecule has 2 aliphatic rings. The topological polar surface area (TPSA) is 55.9 Å². The lowest BCUT2D eigenvalue weighted by molar-refractivity contribution is -0.137. The molecular weight excluding hydrogens is 328 g/mol. The van der Waals surface area contributed by atoms with Crippen LogP contribution in [0.3, 0.4) is 0 Å². The zero-order chi connectivity index (χ0) is 18.2. The molecule has 2 saturated heterocycles. The zero-order valence-electron chi connectivity index (χ0n) is 15.5.